The van der Waals surface area contributed by atoms with Gasteiger partial charge in [0.2, 0.25) is 5.91 Å². The summed E-state index contributed by atoms with van der Waals surface area (Å²) in [5.74, 6) is -1.21. The Labute approximate surface area is 77.5 Å². The first-order valence-electron chi connectivity index (χ1n) is 4.16. The third kappa shape index (κ3) is 5.19. The van der Waals surface area contributed by atoms with Crippen molar-refractivity contribution in [2.24, 2.45) is 5.73 Å². The number of likely N-dealkylation sites (N-methyl/N-ethyl adjacent to an activating group) is 1. The maximum atomic E-state index is 10.7. The number of rotatable bonds is 6. The molecule has 5 nitrogen and oxygen atoms in total. The number of carboxylic acids is 1. The monoisotopic (exact) mass is 188 g/mol. The molecule has 1 amide bonds. The molecule has 1 atom stereocenters. The van der Waals surface area contributed by atoms with Crippen molar-refractivity contribution < 1.29 is 14.7 Å². The van der Waals surface area contributed by atoms with Crippen molar-refractivity contribution in [1.82, 2.24) is 4.90 Å². The van der Waals surface area contributed by atoms with Gasteiger partial charge in [-0.15, -0.1) is 0 Å². The minimum absolute atomic E-state index is 0.121. The van der Waals surface area contributed by atoms with Crippen molar-refractivity contribution in [1.29, 1.82) is 0 Å². The molecule has 0 saturated carbocycles. The van der Waals surface area contributed by atoms with Crippen LogP contribution in [-0.2, 0) is 9.59 Å². The summed E-state index contributed by atoms with van der Waals surface area (Å²) in [4.78, 5) is 22.6. The maximum Gasteiger partial charge on any atom is 0.303 e. The van der Waals surface area contributed by atoms with Gasteiger partial charge in [-0.3, -0.25) is 14.5 Å². The Morgan fingerprint density at radius 3 is 2.46 bits per heavy atom. The lowest BCUT2D eigenvalue weighted by Crippen LogP contribution is -2.40. The second-order valence-corrected chi connectivity index (χ2v) is 3.06. The van der Waals surface area contributed by atoms with Gasteiger partial charge >= 0.3 is 5.97 Å². The fourth-order valence-corrected chi connectivity index (χ4v) is 0.891. The maximum absolute atomic E-state index is 10.7. The molecular formula is C8H16N2O3. The summed E-state index contributed by atoms with van der Waals surface area (Å²) in [5.41, 5.74) is 5.07. The molecule has 0 saturated heterocycles. The van der Waals surface area contributed by atoms with E-state index in [2.05, 4.69) is 0 Å². The fourth-order valence-electron chi connectivity index (χ4n) is 0.891. The van der Waals surface area contributed by atoms with Crippen LogP contribution in [0.2, 0.25) is 0 Å². The smallest absolute Gasteiger partial charge is 0.303 e. The number of nitrogens with zero attached hydrogens (tertiary/aromatic N) is 1. The van der Waals surface area contributed by atoms with Crippen LogP contribution in [0.15, 0.2) is 0 Å². The molecule has 76 valence electrons. The summed E-state index contributed by atoms with van der Waals surface area (Å²) >= 11 is 0. The second-order valence-electron chi connectivity index (χ2n) is 3.06. The Kier molecular flexibility index (Phi) is 5.06. The Morgan fingerprint density at radius 1 is 1.54 bits per heavy atom. The first-order chi connectivity index (χ1) is 5.95. The van der Waals surface area contributed by atoms with Crippen molar-refractivity contribution in [3.8, 4) is 0 Å². The predicted octanol–water partition coefficient (Wildman–Crippen LogP) is -0.343. The summed E-state index contributed by atoms with van der Waals surface area (Å²) in [6.45, 7) is 2.26. The van der Waals surface area contributed by atoms with Crippen LogP contribution in [0.5, 0.6) is 0 Å². The molecule has 0 aliphatic carbocycles. The van der Waals surface area contributed by atoms with Gasteiger partial charge in [-0.2, -0.15) is 0 Å². The van der Waals surface area contributed by atoms with E-state index in [0.717, 1.165) is 0 Å². The number of hydrogen-bond acceptors (Lipinski definition) is 3. The molecule has 1 unspecified atom stereocenters. The number of carbonyl (C=O) groups is 2. The molecule has 0 aromatic carbocycles. The first-order valence-corrected chi connectivity index (χ1v) is 4.16. The molecular weight excluding hydrogens is 172 g/mol. The zero-order chi connectivity index (χ0) is 10.4. The van der Waals surface area contributed by atoms with E-state index in [1.54, 1.807) is 18.9 Å². The number of nitrogens with two attached hydrogens (primary N) is 1. The van der Waals surface area contributed by atoms with Gasteiger partial charge in [0.15, 0.2) is 0 Å². The van der Waals surface area contributed by atoms with Crippen LogP contribution < -0.4 is 5.73 Å². The highest BCUT2D eigenvalue weighted by atomic mass is 16.4. The van der Waals surface area contributed by atoms with Crippen molar-refractivity contribution >= 4 is 11.9 Å². The quantitative estimate of drug-likeness (QED) is 0.597. The van der Waals surface area contributed by atoms with Gasteiger partial charge in [0.25, 0.3) is 0 Å². The molecule has 0 heterocycles. The molecule has 13 heavy (non-hydrogen) atoms. The highest BCUT2D eigenvalue weighted by molar-refractivity contribution is 5.79. The summed E-state index contributed by atoms with van der Waals surface area (Å²) in [6.07, 6.45) is 0.652. The van der Waals surface area contributed by atoms with Crippen LogP contribution in [0.1, 0.15) is 19.8 Å². The summed E-state index contributed by atoms with van der Waals surface area (Å²) < 4.78 is 0. The van der Waals surface area contributed by atoms with Crippen molar-refractivity contribution in [2.45, 2.75) is 25.8 Å². The van der Waals surface area contributed by atoms with Gasteiger partial charge in [-0.25, -0.2) is 0 Å². The van der Waals surface area contributed by atoms with Crippen LogP contribution >= 0.6 is 0 Å². The lowest BCUT2D eigenvalue weighted by Gasteiger charge is -2.21. The predicted molar refractivity (Wildman–Crippen MR) is 48.2 cm³/mol. The van der Waals surface area contributed by atoms with Crippen LogP contribution in [0.4, 0.5) is 0 Å². The highest BCUT2D eigenvalue weighted by Crippen LogP contribution is 1.98. The van der Waals surface area contributed by atoms with E-state index in [9.17, 15) is 9.59 Å². The van der Waals surface area contributed by atoms with E-state index in [1.165, 1.54) is 0 Å². The van der Waals surface area contributed by atoms with Gasteiger partial charge < -0.3 is 10.8 Å². The minimum Gasteiger partial charge on any atom is -0.481 e. The number of amides is 1. The topological polar surface area (TPSA) is 83.6 Å². The molecule has 0 aromatic heterocycles. The van der Waals surface area contributed by atoms with Crippen molar-refractivity contribution in [3.63, 3.8) is 0 Å². The summed E-state index contributed by atoms with van der Waals surface area (Å²) in [6, 6.07) is -0.339. The standard InChI is InChI=1S/C8H16N2O3/c1-6(8(9)13)10(2)5-3-4-7(11)12/h6H,3-5H2,1-2H3,(H2,9,13)(H,11,12). The van der Waals surface area contributed by atoms with Gasteiger partial charge in [-0.05, 0) is 26.9 Å². The van der Waals surface area contributed by atoms with E-state index in [-0.39, 0.29) is 12.5 Å². The largest absolute Gasteiger partial charge is 0.481 e. The van der Waals surface area contributed by atoms with Crippen LogP contribution in [0, 0.1) is 0 Å². The van der Waals surface area contributed by atoms with Crippen LogP contribution in [0.3, 0.4) is 0 Å². The Hall–Kier alpha value is -1.10. The number of carboxylic acid groups (broad SMARTS) is 1. The Bertz CT molecular complexity index is 194. The zero-order valence-electron chi connectivity index (χ0n) is 7.99. The SMILES string of the molecule is CC(C(N)=O)N(C)CCCC(=O)O. The van der Waals surface area contributed by atoms with E-state index in [0.29, 0.717) is 13.0 Å². The second kappa shape index (κ2) is 5.53. The van der Waals surface area contributed by atoms with E-state index in [1.807, 2.05) is 0 Å². The lowest BCUT2D eigenvalue weighted by atomic mass is 10.2. The molecule has 5 heteroatoms. The van der Waals surface area contributed by atoms with Gasteiger partial charge in [0.1, 0.15) is 0 Å². The van der Waals surface area contributed by atoms with Gasteiger partial charge in [0.05, 0.1) is 6.04 Å². The molecule has 0 rings (SSSR count). The Morgan fingerprint density at radius 2 is 2.08 bits per heavy atom. The van der Waals surface area contributed by atoms with E-state index >= 15 is 0 Å². The minimum atomic E-state index is -0.819. The average molecular weight is 188 g/mol. The molecule has 0 spiro atoms. The molecule has 0 radical (unpaired) electrons. The first kappa shape index (κ1) is 11.9. The van der Waals surface area contributed by atoms with Crippen molar-refractivity contribution in [3.05, 3.63) is 0 Å². The fraction of sp³-hybridized carbons (Fsp3) is 0.750. The zero-order valence-corrected chi connectivity index (χ0v) is 7.99. The van der Waals surface area contributed by atoms with E-state index in [4.69, 9.17) is 10.8 Å². The molecule has 0 aromatic rings. The number of carbonyl (C=O) groups excluding carboxylic acids is 1. The van der Waals surface area contributed by atoms with E-state index < -0.39 is 11.9 Å². The molecule has 0 bridgehead atoms. The number of hydrogen-bond donors (Lipinski definition) is 2. The van der Waals surface area contributed by atoms with Gasteiger partial charge in [0, 0.05) is 6.42 Å². The van der Waals surface area contributed by atoms with Crippen LogP contribution in [0.25, 0.3) is 0 Å². The molecule has 0 fully saturated rings. The average Bonchev–Trinajstić information content (AvgIpc) is 2.02. The Balaban J connectivity index is 3.67. The number of aliphatic carboxylic acids is 1. The molecule has 3 N–H and O–H groups in total. The van der Waals surface area contributed by atoms with Crippen LogP contribution in [-0.4, -0.2) is 41.5 Å². The molecule has 0 aliphatic rings. The summed E-state index contributed by atoms with van der Waals surface area (Å²) in [5, 5.41) is 8.36. The normalized spacial score (nSPS) is 12.8. The molecule has 0 aliphatic heterocycles. The summed E-state index contributed by atoms with van der Waals surface area (Å²) in [7, 11) is 1.75. The third-order valence-corrected chi connectivity index (χ3v) is 1.97. The third-order valence-electron chi connectivity index (χ3n) is 1.97. The number of primary amides is 1. The van der Waals surface area contributed by atoms with Crippen molar-refractivity contribution in [2.75, 3.05) is 13.6 Å². The van der Waals surface area contributed by atoms with Gasteiger partial charge in [-0.1, -0.05) is 0 Å². The highest BCUT2D eigenvalue weighted by Gasteiger charge is 2.14. The lowest BCUT2D eigenvalue weighted by molar-refractivity contribution is -0.137.